The van der Waals surface area contributed by atoms with Crippen molar-refractivity contribution in [3.05, 3.63) is 59.7 Å². The molecular formula is C21H28N2O3S. The van der Waals surface area contributed by atoms with Gasteiger partial charge in [0.2, 0.25) is 15.9 Å². The van der Waals surface area contributed by atoms with E-state index < -0.39 is 16.1 Å². The smallest absolute Gasteiger partial charge is 0.248 e. The largest absolute Gasteiger partial charge is 0.324 e. The van der Waals surface area contributed by atoms with E-state index >= 15 is 0 Å². The van der Waals surface area contributed by atoms with Gasteiger partial charge in [0.15, 0.2) is 0 Å². The monoisotopic (exact) mass is 388 g/mol. The lowest BCUT2D eigenvalue weighted by Crippen LogP contribution is -2.47. The first-order valence-corrected chi connectivity index (χ1v) is 11.0. The molecule has 5 nitrogen and oxygen atoms in total. The number of rotatable bonds is 7. The normalized spacial score (nSPS) is 12.7. The van der Waals surface area contributed by atoms with Gasteiger partial charge >= 0.3 is 0 Å². The van der Waals surface area contributed by atoms with Crippen molar-refractivity contribution in [2.45, 2.75) is 46.1 Å². The average Bonchev–Trinajstić information content (AvgIpc) is 2.59. The number of anilines is 2. The molecule has 1 N–H and O–H groups in total. The van der Waals surface area contributed by atoms with Crippen LogP contribution < -0.4 is 9.62 Å². The van der Waals surface area contributed by atoms with E-state index in [1.165, 1.54) is 4.31 Å². The van der Waals surface area contributed by atoms with Crippen molar-refractivity contribution in [1.82, 2.24) is 0 Å². The molecule has 146 valence electrons. The summed E-state index contributed by atoms with van der Waals surface area (Å²) in [6.45, 7) is 7.85. The van der Waals surface area contributed by atoms with E-state index in [2.05, 4.69) is 19.2 Å². The van der Waals surface area contributed by atoms with Crippen molar-refractivity contribution >= 4 is 27.3 Å². The molecule has 0 heterocycles. The Bertz CT molecular complexity index is 890. The Morgan fingerprint density at radius 2 is 1.67 bits per heavy atom. The van der Waals surface area contributed by atoms with E-state index in [0.717, 1.165) is 17.4 Å². The first kappa shape index (κ1) is 21.0. The van der Waals surface area contributed by atoms with Gasteiger partial charge in [-0.15, -0.1) is 0 Å². The van der Waals surface area contributed by atoms with Gasteiger partial charge in [0.1, 0.15) is 6.04 Å². The fourth-order valence-corrected chi connectivity index (χ4v) is 4.29. The van der Waals surface area contributed by atoms with Gasteiger partial charge in [-0.25, -0.2) is 8.42 Å². The number of para-hydroxylation sites is 1. The molecule has 0 aliphatic rings. The molecule has 0 unspecified atom stereocenters. The molecule has 2 aromatic carbocycles. The summed E-state index contributed by atoms with van der Waals surface area (Å²) in [6, 6.07) is 13.9. The maximum Gasteiger partial charge on any atom is 0.248 e. The lowest BCUT2D eigenvalue weighted by Gasteiger charge is -2.30. The molecule has 6 heteroatoms. The lowest BCUT2D eigenvalue weighted by atomic mass is 10.0. The zero-order valence-electron chi connectivity index (χ0n) is 16.6. The third kappa shape index (κ3) is 5.10. The number of amides is 1. The summed E-state index contributed by atoms with van der Waals surface area (Å²) < 4.78 is 26.2. The van der Waals surface area contributed by atoms with Crippen LogP contribution in [0.4, 0.5) is 11.4 Å². The van der Waals surface area contributed by atoms with Crippen LogP contribution in [0.25, 0.3) is 0 Å². The second-order valence-electron chi connectivity index (χ2n) is 7.05. The van der Waals surface area contributed by atoms with E-state index in [-0.39, 0.29) is 11.8 Å². The third-order valence-electron chi connectivity index (χ3n) is 4.46. The zero-order chi connectivity index (χ0) is 20.2. The fraction of sp³-hybridized carbons (Fsp3) is 0.381. The number of nitrogens with one attached hydrogen (secondary N) is 1. The van der Waals surface area contributed by atoms with Crippen LogP contribution in [-0.2, 0) is 14.8 Å². The molecule has 0 saturated carbocycles. The number of carbonyl (C=O) groups excluding carboxylic acids is 1. The van der Waals surface area contributed by atoms with Crippen LogP contribution in [0.1, 0.15) is 44.2 Å². The second kappa shape index (κ2) is 8.57. The van der Waals surface area contributed by atoms with Gasteiger partial charge in [-0.3, -0.25) is 9.10 Å². The minimum atomic E-state index is -3.63. The van der Waals surface area contributed by atoms with Gasteiger partial charge in [0.05, 0.1) is 11.9 Å². The van der Waals surface area contributed by atoms with Gasteiger partial charge < -0.3 is 5.32 Å². The van der Waals surface area contributed by atoms with E-state index in [1.54, 1.807) is 12.1 Å². The van der Waals surface area contributed by atoms with Crippen LogP contribution in [0.15, 0.2) is 48.5 Å². The highest BCUT2D eigenvalue weighted by molar-refractivity contribution is 7.92. The van der Waals surface area contributed by atoms with Crippen LogP contribution >= 0.6 is 0 Å². The van der Waals surface area contributed by atoms with Crippen molar-refractivity contribution < 1.29 is 13.2 Å². The van der Waals surface area contributed by atoms with Crippen molar-refractivity contribution in [2.75, 3.05) is 15.9 Å². The minimum absolute atomic E-state index is 0.240. The Morgan fingerprint density at radius 1 is 1.07 bits per heavy atom. The standard InChI is InChI=1S/C21H28N2O3S/c1-6-20(21(24)22-19-10-8-7-9-18(19)15(2)3)23(27(5,25)26)17-13-11-16(4)12-14-17/h7-15,20H,6H2,1-5H3,(H,22,24)/t20-/m0/s1. The summed E-state index contributed by atoms with van der Waals surface area (Å²) in [7, 11) is -3.63. The summed E-state index contributed by atoms with van der Waals surface area (Å²) in [5.41, 5.74) is 3.24. The number of carbonyl (C=O) groups is 1. The second-order valence-corrected chi connectivity index (χ2v) is 8.91. The van der Waals surface area contributed by atoms with Gasteiger partial charge in [0, 0.05) is 5.69 Å². The topological polar surface area (TPSA) is 66.5 Å². The zero-order valence-corrected chi connectivity index (χ0v) is 17.4. The SMILES string of the molecule is CC[C@@H](C(=O)Nc1ccccc1C(C)C)N(c1ccc(C)cc1)S(C)(=O)=O. The maximum atomic E-state index is 13.0. The van der Waals surface area contributed by atoms with Crippen LogP contribution in [0.5, 0.6) is 0 Å². The van der Waals surface area contributed by atoms with Crippen LogP contribution in [0, 0.1) is 6.92 Å². The third-order valence-corrected chi connectivity index (χ3v) is 5.64. The maximum absolute atomic E-state index is 13.0. The molecule has 1 amide bonds. The molecule has 0 spiro atoms. The van der Waals surface area contributed by atoms with Crippen molar-refractivity contribution in [1.29, 1.82) is 0 Å². The summed E-state index contributed by atoms with van der Waals surface area (Å²) in [6.07, 6.45) is 1.49. The van der Waals surface area contributed by atoms with Crippen molar-refractivity contribution in [3.8, 4) is 0 Å². The van der Waals surface area contributed by atoms with Crippen molar-refractivity contribution in [3.63, 3.8) is 0 Å². The number of hydrogen-bond acceptors (Lipinski definition) is 3. The molecule has 2 aromatic rings. The van der Waals surface area contributed by atoms with Crippen LogP contribution in [-0.4, -0.2) is 26.6 Å². The number of nitrogens with zero attached hydrogens (tertiary/aromatic N) is 1. The molecule has 0 saturated heterocycles. The van der Waals surface area contributed by atoms with E-state index in [9.17, 15) is 13.2 Å². The molecule has 0 radical (unpaired) electrons. The predicted molar refractivity (Wildman–Crippen MR) is 112 cm³/mol. The molecule has 0 fully saturated rings. The van der Waals surface area contributed by atoms with Gasteiger partial charge in [-0.2, -0.15) is 0 Å². The molecule has 0 aliphatic carbocycles. The molecule has 27 heavy (non-hydrogen) atoms. The first-order valence-electron chi connectivity index (χ1n) is 9.11. The summed E-state index contributed by atoms with van der Waals surface area (Å²) in [4.78, 5) is 13.0. The molecule has 0 bridgehead atoms. The van der Waals surface area contributed by atoms with Gasteiger partial charge in [-0.05, 0) is 43.0 Å². The van der Waals surface area contributed by atoms with Gasteiger partial charge in [0.25, 0.3) is 0 Å². The number of aryl methyl sites for hydroxylation is 1. The summed E-state index contributed by atoms with van der Waals surface area (Å²) in [5, 5.41) is 2.93. The van der Waals surface area contributed by atoms with E-state index in [4.69, 9.17) is 0 Å². The van der Waals surface area contributed by atoms with Crippen molar-refractivity contribution in [2.24, 2.45) is 0 Å². The Hall–Kier alpha value is -2.34. The summed E-state index contributed by atoms with van der Waals surface area (Å²) >= 11 is 0. The molecule has 0 aromatic heterocycles. The number of sulfonamides is 1. The highest BCUT2D eigenvalue weighted by atomic mass is 32.2. The lowest BCUT2D eigenvalue weighted by molar-refractivity contribution is -0.117. The Morgan fingerprint density at radius 3 is 2.19 bits per heavy atom. The molecule has 0 aliphatic heterocycles. The molecular weight excluding hydrogens is 360 g/mol. The highest BCUT2D eigenvalue weighted by Crippen LogP contribution is 2.26. The van der Waals surface area contributed by atoms with E-state index in [1.807, 2.05) is 50.2 Å². The van der Waals surface area contributed by atoms with Gasteiger partial charge in [-0.1, -0.05) is 56.7 Å². The van der Waals surface area contributed by atoms with E-state index in [0.29, 0.717) is 17.8 Å². The van der Waals surface area contributed by atoms with Crippen LogP contribution in [0.2, 0.25) is 0 Å². The fourth-order valence-electron chi connectivity index (χ4n) is 3.08. The number of benzene rings is 2. The Kier molecular flexibility index (Phi) is 6.65. The van der Waals surface area contributed by atoms with Crippen LogP contribution in [0.3, 0.4) is 0 Å². The minimum Gasteiger partial charge on any atom is -0.324 e. The predicted octanol–water partition coefficient (Wildman–Crippen LogP) is 4.30. The quantitative estimate of drug-likeness (QED) is 0.769. The molecule has 2 rings (SSSR count). The number of hydrogen-bond donors (Lipinski definition) is 1. The summed E-state index contributed by atoms with van der Waals surface area (Å²) in [5.74, 6) is -0.0960. The Labute approximate surface area is 162 Å². The highest BCUT2D eigenvalue weighted by Gasteiger charge is 2.31. The Balaban J connectivity index is 2.40. The molecule has 1 atom stereocenters. The average molecular weight is 389 g/mol. The first-order chi connectivity index (χ1) is 12.6.